The predicted molar refractivity (Wildman–Crippen MR) is 74.3 cm³/mol. The number of halogens is 1. The maximum atomic E-state index is 10.8. The molecule has 0 aliphatic carbocycles. The lowest BCUT2D eigenvalue weighted by molar-refractivity contribution is -0.138. The first kappa shape index (κ1) is 14.8. The molecular weight excluding hydrogens is 252 g/mol. The van der Waals surface area contributed by atoms with Gasteiger partial charge in [0.15, 0.2) is 0 Å². The van der Waals surface area contributed by atoms with Crippen LogP contribution in [0.2, 0.25) is 0 Å². The molecule has 0 spiro atoms. The monoisotopic (exact) mass is 270 g/mol. The normalized spacial score (nSPS) is 16.8. The summed E-state index contributed by atoms with van der Waals surface area (Å²) in [5.41, 5.74) is 7.36. The zero-order valence-corrected chi connectivity index (χ0v) is 11.0. The van der Waals surface area contributed by atoms with Crippen molar-refractivity contribution in [2.45, 2.75) is 25.3 Å². The molecular formula is C13H19ClN2O2. The molecule has 3 N–H and O–H groups in total. The second kappa shape index (κ2) is 6.61. The van der Waals surface area contributed by atoms with E-state index in [-0.39, 0.29) is 12.4 Å². The maximum Gasteiger partial charge on any atom is 0.325 e. The Hall–Kier alpha value is -1.26. The highest BCUT2D eigenvalue weighted by atomic mass is 35.5. The van der Waals surface area contributed by atoms with Crippen LogP contribution in [-0.4, -0.2) is 24.2 Å². The highest BCUT2D eigenvalue weighted by Crippen LogP contribution is 2.21. The summed E-state index contributed by atoms with van der Waals surface area (Å²) in [6.45, 7) is 2.18. The van der Waals surface area contributed by atoms with Crippen LogP contribution in [-0.2, 0) is 4.79 Å². The molecule has 1 aliphatic heterocycles. The third-order valence-corrected chi connectivity index (χ3v) is 3.24. The average Bonchev–Trinajstić information content (AvgIpc) is 2.39. The summed E-state index contributed by atoms with van der Waals surface area (Å²) >= 11 is 0. The van der Waals surface area contributed by atoms with E-state index in [4.69, 9.17) is 10.8 Å². The van der Waals surface area contributed by atoms with Gasteiger partial charge in [0.05, 0.1) is 0 Å². The number of piperidine rings is 1. The van der Waals surface area contributed by atoms with Gasteiger partial charge in [0.2, 0.25) is 0 Å². The molecule has 0 bridgehead atoms. The highest BCUT2D eigenvalue weighted by molar-refractivity contribution is 5.85. The molecule has 1 aromatic rings. The molecule has 100 valence electrons. The number of carbonyl (C=O) groups is 1. The van der Waals surface area contributed by atoms with Crippen molar-refractivity contribution >= 4 is 24.1 Å². The minimum Gasteiger partial charge on any atom is -0.480 e. The molecule has 0 amide bonds. The van der Waals surface area contributed by atoms with Crippen molar-refractivity contribution in [1.29, 1.82) is 0 Å². The summed E-state index contributed by atoms with van der Waals surface area (Å²) in [5, 5.41) is 8.82. The third kappa shape index (κ3) is 3.37. The SMILES string of the molecule is Cl.N[C@H](C(=O)O)c1ccc(N2CCCCC2)cc1. The predicted octanol–water partition coefficient (Wildman–Crippen LogP) is 2.18. The third-order valence-electron chi connectivity index (χ3n) is 3.24. The first-order chi connectivity index (χ1) is 8.18. The Kier molecular flexibility index (Phi) is 5.44. The molecule has 4 nitrogen and oxygen atoms in total. The van der Waals surface area contributed by atoms with Crippen molar-refractivity contribution in [3.63, 3.8) is 0 Å². The molecule has 0 radical (unpaired) electrons. The van der Waals surface area contributed by atoms with Crippen molar-refractivity contribution in [3.05, 3.63) is 29.8 Å². The van der Waals surface area contributed by atoms with Gasteiger partial charge in [0.25, 0.3) is 0 Å². The number of hydrogen-bond acceptors (Lipinski definition) is 3. The van der Waals surface area contributed by atoms with Crippen LogP contribution in [0.3, 0.4) is 0 Å². The van der Waals surface area contributed by atoms with Crippen molar-refractivity contribution in [2.24, 2.45) is 5.73 Å². The van der Waals surface area contributed by atoms with Gasteiger partial charge in [-0.3, -0.25) is 4.79 Å². The smallest absolute Gasteiger partial charge is 0.325 e. The number of nitrogens with two attached hydrogens (primary N) is 1. The number of hydrogen-bond donors (Lipinski definition) is 2. The number of rotatable bonds is 3. The van der Waals surface area contributed by atoms with E-state index in [1.54, 1.807) is 0 Å². The summed E-state index contributed by atoms with van der Waals surface area (Å²) in [4.78, 5) is 13.1. The van der Waals surface area contributed by atoms with Gasteiger partial charge in [-0.15, -0.1) is 12.4 Å². The fourth-order valence-electron chi connectivity index (χ4n) is 2.19. The molecule has 0 aromatic heterocycles. The Morgan fingerprint density at radius 1 is 1.17 bits per heavy atom. The van der Waals surface area contributed by atoms with Gasteiger partial charge >= 0.3 is 5.97 Å². The minimum absolute atomic E-state index is 0. The van der Waals surface area contributed by atoms with Crippen LogP contribution >= 0.6 is 12.4 Å². The summed E-state index contributed by atoms with van der Waals surface area (Å²) in [6, 6.07) is 6.61. The molecule has 1 aromatic carbocycles. The largest absolute Gasteiger partial charge is 0.480 e. The van der Waals surface area contributed by atoms with Crippen molar-refractivity contribution in [2.75, 3.05) is 18.0 Å². The molecule has 5 heteroatoms. The van der Waals surface area contributed by atoms with Gasteiger partial charge in [-0.05, 0) is 37.0 Å². The first-order valence-corrected chi connectivity index (χ1v) is 6.02. The maximum absolute atomic E-state index is 10.8. The molecule has 1 fully saturated rings. The van der Waals surface area contributed by atoms with E-state index >= 15 is 0 Å². The standard InChI is InChI=1S/C13H18N2O2.ClH/c14-12(13(16)17)10-4-6-11(7-5-10)15-8-2-1-3-9-15;/h4-7,12H,1-3,8-9,14H2,(H,16,17);1H/t12-;/m0./s1. The van der Waals surface area contributed by atoms with Crippen LogP contribution in [0.5, 0.6) is 0 Å². The minimum atomic E-state index is -0.990. The summed E-state index contributed by atoms with van der Waals surface area (Å²) in [5.74, 6) is -0.990. The van der Waals surface area contributed by atoms with Gasteiger partial charge in [0.1, 0.15) is 6.04 Å². The molecule has 2 rings (SSSR count). The number of nitrogens with zero attached hydrogens (tertiary/aromatic N) is 1. The molecule has 0 saturated carbocycles. The average molecular weight is 271 g/mol. The molecule has 1 atom stereocenters. The molecule has 18 heavy (non-hydrogen) atoms. The highest BCUT2D eigenvalue weighted by Gasteiger charge is 2.15. The molecule has 1 heterocycles. The zero-order valence-electron chi connectivity index (χ0n) is 10.2. The van der Waals surface area contributed by atoms with E-state index in [0.717, 1.165) is 18.8 Å². The lowest BCUT2D eigenvalue weighted by atomic mass is 10.1. The lowest BCUT2D eigenvalue weighted by Crippen LogP contribution is -2.29. The van der Waals surface area contributed by atoms with Gasteiger partial charge in [-0.25, -0.2) is 0 Å². The first-order valence-electron chi connectivity index (χ1n) is 6.02. The Balaban J connectivity index is 0.00000162. The number of anilines is 1. The topological polar surface area (TPSA) is 66.6 Å². The summed E-state index contributed by atoms with van der Waals surface area (Å²) < 4.78 is 0. The Labute approximate surface area is 113 Å². The van der Waals surface area contributed by atoms with E-state index in [1.165, 1.54) is 19.3 Å². The van der Waals surface area contributed by atoms with Crippen LogP contribution in [0.4, 0.5) is 5.69 Å². The van der Waals surface area contributed by atoms with E-state index < -0.39 is 12.0 Å². The Morgan fingerprint density at radius 2 is 1.72 bits per heavy atom. The Morgan fingerprint density at radius 3 is 2.22 bits per heavy atom. The van der Waals surface area contributed by atoms with E-state index in [9.17, 15) is 4.79 Å². The fraction of sp³-hybridized carbons (Fsp3) is 0.462. The summed E-state index contributed by atoms with van der Waals surface area (Å²) in [6.07, 6.45) is 3.77. The second-order valence-corrected chi connectivity index (χ2v) is 4.46. The zero-order chi connectivity index (χ0) is 12.3. The van der Waals surface area contributed by atoms with E-state index in [0.29, 0.717) is 5.56 Å². The van der Waals surface area contributed by atoms with Crippen molar-refractivity contribution < 1.29 is 9.90 Å². The quantitative estimate of drug-likeness (QED) is 0.884. The lowest BCUT2D eigenvalue weighted by Gasteiger charge is -2.29. The molecule has 1 aliphatic rings. The van der Waals surface area contributed by atoms with Crippen LogP contribution in [0.1, 0.15) is 30.9 Å². The van der Waals surface area contributed by atoms with Crippen LogP contribution < -0.4 is 10.6 Å². The van der Waals surface area contributed by atoms with Crippen LogP contribution in [0.15, 0.2) is 24.3 Å². The number of carboxylic acids is 1. The van der Waals surface area contributed by atoms with Crippen molar-refractivity contribution in [1.82, 2.24) is 0 Å². The van der Waals surface area contributed by atoms with E-state index in [1.807, 2.05) is 24.3 Å². The second-order valence-electron chi connectivity index (χ2n) is 4.46. The van der Waals surface area contributed by atoms with E-state index in [2.05, 4.69) is 4.90 Å². The molecule has 1 saturated heterocycles. The van der Waals surface area contributed by atoms with Crippen LogP contribution in [0, 0.1) is 0 Å². The Bertz CT molecular complexity index is 388. The van der Waals surface area contributed by atoms with Crippen LogP contribution in [0.25, 0.3) is 0 Å². The summed E-state index contributed by atoms with van der Waals surface area (Å²) in [7, 11) is 0. The number of carboxylic acid groups (broad SMARTS) is 1. The van der Waals surface area contributed by atoms with Gasteiger partial charge in [-0.2, -0.15) is 0 Å². The fourth-order valence-corrected chi connectivity index (χ4v) is 2.19. The van der Waals surface area contributed by atoms with Gasteiger partial charge in [0, 0.05) is 18.8 Å². The van der Waals surface area contributed by atoms with Gasteiger partial charge in [-0.1, -0.05) is 12.1 Å². The van der Waals surface area contributed by atoms with Crippen molar-refractivity contribution in [3.8, 4) is 0 Å². The number of benzene rings is 1. The van der Waals surface area contributed by atoms with Gasteiger partial charge < -0.3 is 15.7 Å². The molecule has 0 unspecified atom stereocenters. The number of aliphatic carboxylic acids is 1.